The lowest BCUT2D eigenvalue weighted by Gasteiger charge is -2.18. The molecule has 10 heteroatoms. The van der Waals surface area contributed by atoms with E-state index in [-0.39, 0.29) is 16.2 Å². The molecular weight excluding hydrogens is 432 g/mol. The van der Waals surface area contributed by atoms with Gasteiger partial charge >= 0.3 is 0 Å². The van der Waals surface area contributed by atoms with E-state index < -0.39 is 15.9 Å². The molecule has 2 N–H and O–H groups in total. The molecule has 0 saturated carbocycles. The smallest absolute Gasteiger partial charge is 0.256 e. The van der Waals surface area contributed by atoms with Crippen molar-refractivity contribution in [3.8, 4) is 22.8 Å². The molecule has 1 saturated heterocycles. The van der Waals surface area contributed by atoms with Crippen LogP contribution in [0.15, 0.2) is 53.4 Å². The normalized spacial score (nSPS) is 14.3. The number of aromatic nitrogens is 2. The Bertz CT molecular complexity index is 1230. The highest BCUT2D eigenvalue weighted by molar-refractivity contribution is 7.89. The van der Waals surface area contributed by atoms with Gasteiger partial charge in [0.25, 0.3) is 5.91 Å². The lowest BCUT2D eigenvalue weighted by atomic mass is 10.1. The third-order valence-electron chi connectivity index (χ3n) is 5.33. The molecular formula is C22H24N4O5S. The van der Waals surface area contributed by atoms with Gasteiger partial charge in [0.1, 0.15) is 16.4 Å². The van der Waals surface area contributed by atoms with Gasteiger partial charge in [-0.05, 0) is 43.2 Å². The summed E-state index contributed by atoms with van der Waals surface area (Å²) in [6.07, 6.45) is 1.63. The fourth-order valence-corrected chi connectivity index (χ4v) is 5.37. The number of nitrogens with zero attached hydrogens (tertiary/aromatic N) is 2. The number of anilines is 1. The van der Waals surface area contributed by atoms with Crippen molar-refractivity contribution in [1.82, 2.24) is 14.5 Å². The van der Waals surface area contributed by atoms with Gasteiger partial charge in [-0.2, -0.15) is 9.40 Å². The van der Waals surface area contributed by atoms with Gasteiger partial charge in [0.15, 0.2) is 5.82 Å². The molecule has 2 heterocycles. The summed E-state index contributed by atoms with van der Waals surface area (Å²) in [7, 11) is -0.775. The minimum atomic E-state index is -3.76. The van der Waals surface area contributed by atoms with Crippen molar-refractivity contribution in [3.63, 3.8) is 0 Å². The first-order valence-electron chi connectivity index (χ1n) is 10.1. The largest absolute Gasteiger partial charge is 0.496 e. The fourth-order valence-electron chi connectivity index (χ4n) is 3.67. The molecule has 0 unspecified atom stereocenters. The van der Waals surface area contributed by atoms with Crippen LogP contribution in [0, 0.1) is 0 Å². The van der Waals surface area contributed by atoms with Crippen LogP contribution in [0.3, 0.4) is 0 Å². The number of amides is 1. The highest BCUT2D eigenvalue weighted by atomic mass is 32.2. The molecule has 1 fully saturated rings. The zero-order chi connectivity index (χ0) is 22.7. The first kappa shape index (κ1) is 21.8. The van der Waals surface area contributed by atoms with Crippen molar-refractivity contribution in [2.75, 3.05) is 32.6 Å². The number of sulfonamides is 1. The van der Waals surface area contributed by atoms with Crippen molar-refractivity contribution >= 4 is 21.7 Å². The summed E-state index contributed by atoms with van der Waals surface area (Å²) in [5.41, 5.74) is 1.65. The molecule has 2 aromatic carbocycles. The second-order valence-corrected chi connectivity index (χ2v) is 9.20. The Labute approximate surface area is 186 Å². The average molecular weight is 457 g/mol. The lowest BCUT2D eigenvalue weighted by Crippen LogP contribution is -2.28. The molecule has 1 aliphatic heterocycles. The molecule has 9 nitrogen and oxygen atoms in total. The monoisotopic (exact) mass is 456 g/mol. The maximum absolute atomic E-state index is 13.1. The van der Waals surface area contributed by atoms with Crippen molar-refractivity contribution in [1.29, 1.82) is 0 Å². The summed E-state index contributed by atoms with van der Waals surface area (Å²) in [6, 6.07) is 13.5. The second kappa shape index (κ2) is 9.01. The van der Waals surface area contributed by atoms with Gasteiger partial charge in [0, 0.05) is 30.3 Å². The zero-order valence-corrected chi connectivity index (χ0v) is 18.6. The van der Waals surface area contributed by atoms with Crippen LogP contribution in [0.2, 0.25) is 0 Å². The molecule has 168 valence electrons. The molecule has 0 radical (unpaired) electrons. The van der Waals surface area contributed by atoms with Gasteiger partial charge in [0.2, 0.25) is 10.0 Å². The van der Waals surface area contributed by atoms with E-state index >= 15 is 0 Å². The highest BCUT2D eigenvalue weighted by Gasteiger charge is 2.30. The third-order valence-corrected chi connectivity index (χ3v) is 7.25. The molecule has 0 bridgehead atoms. The number of methoxy groups -OCH3 is 2. The number of aromatic amines is 1. The van der Waals surface area contributed by atoms with Gasteiger partial charge in [-0.25, -0.2) is 8.42 Å². The SMILES string of the molecule is COc1ccccc1-c1cc(NC(=O)c2ccc(OC)c(S(=O)(=O)N3CCCC3)c2)n[nH]1. The Morgan fingerprint density at radius 1 is 1.03 bits per heavy atom. The number of hydrogen-bond acceptors (Lipinski definition) is 6. The lowest BCUT2D eigenvalue weighted by molar-refractivity contribution is 0.102. The van der Waals surface area contributed by atoms with E-state index in [4.69, 9.17) is 9.47 Å². The van der Waals surface area contributed by atoms with Crippen molar-refractivity contribution < 1.29 is 22.7 Å². The van der Waals surface area contributed by atoms with E-state index in [9.17, 15) is 13.2 Å². The zero-order valence-electron chi connectivity index (χ0n) is 17.8. The molecule has 0 atom stereocenters. The predicted molar refractivity (Wildman–Crippen MR) is 120 cm³/mol. The van der Waals surface area contributed by atoms with Crippen LogP contribution in [0.5, 0.6) is 11.5 Å². The van der Waals surface area contributed by atoms with Gasteiger partial charge in [-0.3, -0.25) is 9.89 Å². The van der Waals surface area contributed by atoms with E-state index in [0.29, 0.717) is 30.4 Å². The molecule has 1 aromatic heterocycles. The summed E-state index contributed by atoms with van der Waals surface area (Å²) >= 11 is 0. The van der Waals surface area contributed by atoms with Gasteiger partial charge in [-0.1, -0.05) is 12.1 Å². The fraction of sp³-hybridized carbons (Fsp3) is 0.273. The molecule has 1 amide bonds. The summed E-state index contributed by atoms with van der Waals surface area (Å²) < 4.78 is 38.1. The topological polar surface area (TPSA) is 114 Å². The number of carbonyl (C=O) groups is 1. The van der Waals surface area contributed by atoms with Crippen molar-refractivity contribution in [3.05, 3.63) is 54.1 Å². The maximum atomic E-state index is 13.1. The van der Waals surface area contributed by atoms with Crippen LogP contribution in [-0.2, 0) is 10.0 Å². The first-order valence-corrected chi connectivity index (χ1v) is 11.6. The molecule has 32 heavy (non-hydrogen) atoms. The minimum absolute atomic E-state index is 0.0220. The number of rotatable bonds is 7. The average Bonchev–Trinajstić information content (AvgIpc) is 3.51. The minimum Gasteiger partial charge on any atom is -0.496 e. The standard InChI is InChI=1S/C22H24N4O5S/c1-30-18-8-4-3-7-16(18)17-14-21(25-24-17)23-22(27)15-9-10-19(31-2)20(13-15)32(28,29)26-11-5-6-12-26/h3-4,7-10,13-14H,5-6,11-12H2,1-2H3,(H2,23,24,25,27). The van der Waals surface area contributed by atoms with Crippen molar-refractivity contribution in [2.24, 2.45) is 0 Å². The number of hydrogen-bond donors (Lipinski definition) is 2. The van der Waals surface area contributed by atoms with Crippen LogP contribution >= 0.6 is 0 Å². The Morgan fingerprint density at radius 2 is 1.75 bits per heavy atom. The highest BCUT2D eigenvalue weighted by Crippen LogP contribution is 2.31. The number of para-hydroxylation sites is 1. The molecule has 1 aliphatic rings. The summed E-state index contributed by atoms with van der Waals surface area (Å²) in [6.45, 7) is 0.918. The first-order chi connectivity index (χ1) is 15.4. The third kappa shape index (κ3) is 4.19. The summed E-state index contributed by atoms with van der Waals surface area (Å²) in [5, 5.41) is 9.72. The van der Waals surface area contributed by atoms with Crippen LogP contribution in [0.4, 0.5) is 5.82 Å². The van der Waals surface area contributed by atoms with E-state index in [1.54, 1.807) is 13.2 Å². The Balaban J connectivity index is 1.59. The summed E-state index contributed by atoms with van der Waals surface area (Å²) in [5.74, 6) is 0.687. The molecule has 4 rings (SSSR count). The number of benzene rings is 2. The van der Waals surface area contributed by atoms with Gasteiger partial charge < -0.3 is 14.8 Å². The second-order valence-electron chi connectivity index (χ2n) is 7.30. The summed E-state index contributed by atoms with van der Waals surface area (Å²) in [4.78, 5) is 12.8. The quantitative estimate of drug-likeness (QED) is 0.565. The van der Waals surface area contributed by atoms with Crippen LogP contribution < -0.4 is 14.8 Å². The van der Waals surface area contributed by atoms with Crippen LogP contribution in [0.25, 0.3) is 11.3 Å². The number of nitrogens with one attached hydrogen (secondary N) is 2. The van der Waals surface area contributed by atoms with Gasteiger partial charge in [0.05, 0.1) is 19.9 Å². The van der Waals surface area contributed by atoms with E-state index in [2.05, 4.69) is 15.5 Å². The van der Waals surface area contributed by atoms with Crippen LogP contribution in [0.1, 0.15) is 23.2 Å². The molecule has 0 spiro atoms. The van der Waals surface area contributed by atoms with Gasteiger partial charge in [-0.15, -0.1) is 0 Å². The van der Waals surface area contributed by atoms with E-state index in [1.165, 1.54) is 29.6 Å². The Kier molecular flexibility index (Phi) is 6.15. The van der Waals surface area contributed by atoms with E-state index in [0.717, 1.165) is 18.4 Å². The Hall–Kier alpha value is -3.37. The predicted octanol–water partition coefficient (Wildman–Crippen LogP) is 3.13. The number of carbonyl (C=O) groups excluding carboxylic acids is 1. The number of ether oxygens (including phenoxy) is 2. The Morgan fingerprint density at radius 3 is 2.47 bits per heavy atom. The number of H-pyrrole nitrogens is 1. The van der Waals surface area contributed by atoms with Crippen LogP contribution in [-0.4, -0.2) is 56.1 Å². The van der Waals surface area contributed by atoms with E-state index in [1.807, 2.05) is 24.3 Å². The molecule has 0 aliphatic carbocycles. The molecule has 3 aromatic rings. The maximum Gasteiger partial charge on any atom is 0.256 e. The van der Waals surface area contributed by atoms with Crippen molar-refractivity contribution in [2.45, 2.75) is 17.7 Å².